The number of hydrogen-bond donors (Lipinski definition) is 3. The summed E-state index contributed by atoms with van der Waals surface area (Å²) in [4.78, 5) is 25.2. The summed E-state index contributed by atoms with van der Waals surface area (Å²) in [5, 5.41) is 14.9. The van der Waals surface area contributed by atoms with E-state index in [-0.39, 0.29) is 24.0 Å². The molecule has 1 unspecified atom stereocenters. The minimum atomic E-state index is -0.749. The predicted octanol–water partition coefficient (Wildman–Crippen LogP) is 1.02. The summed E-state index contributed by atoms with van der Waals surface area (Å²) in [7, 11) is 0. The van der Waals surface area contributed by atoms with Gasteiger partial charge < -0.3 is 20.6 Å². The third kappa shape index (κ3) is 4.10. The molecule has 114 valence electrons. The minimum Gasteiger partial charge on any atom is -0.481 e. The third-order valence-corrected chi connectivity index (χ3v) is 4.41. The molecule has 0 aromatic carbocycles. The molecule has 1 aliphatic carbocycles. The number of rotatable bonds is 4. The van der Waals surface area contributed by atoms with Crippen LogP contribution in [0.25, 0.3) is 0 Å². The second-order valence-electron chi connectivity index (χ2n) is 5.90. The zero-order valence-electron chi connectivity index (χ0n) is 12.1. The second kappa shape index (κ2) is 6.92. The summed E-state index contributed by atoms with van der Waals surface area (Å²) in [6, 6.07) is 0.0614. The number of likely N-dealkylation sites (tertiary alicyclic amines) is 1. The number of carboxylic acid groups (broad SMARTS) is 1. The van der Waals surface area contributed by atoms with Crippen molar-refractivity contribution in [1.29, 1.82) is 0 Å². The topological polar surface area (TPSA) is 81.7 Å². The Bertz CT molecular complexity index is 362. The highest BCUT2D eigenvalue weighted by atomic mass is 16.4. The molecule has 2 fully saturated rings. The lowest BCUT2D eigenvalue weighted by atomic mass is 10.1. The fraction of sp³-hybridized carbons (Fsp3) is 0.857. The highest BCUT2D eigenvalue weighted by Crippen LogP contribution is 2.25. The Morgan fingerprint density at radius 2 is 1.95 bits per heavy atom. The van der Waals surface area contributed by atoms with Gasteiger partial charge in [0.15, 0.2) is 0 Å². The highest BCUT2D eigenvalue weighted by molar-refractivity contribution is 5.75. The van der Waals surface area contributed by atoms with Gasteiger partial charge in [-0.05, 0) is 45.2 Å². The van der Waals surface area contributed by atoms with E-state index in [2.05, 4.69) is 22.5 Å². The van der Waals surface area contributed by atoms with Crippen molar-refractivity contribution in [2.24, 2.45) is 5.92 Å². The average Bonchev–Trinajstić information content (AvgIpc) is 2.87. The lowest BCUT2D eigenvalue weighted by molar-refractivity contribution is -0.141. The molecule has 3 N–H and O–H groups in total. The van der Waals surface area contributed by atoms with Crippen LogP contribution in [0.3, 0.4) is 0 Å². The fourth-order valence-corrected chi connectivity index (χ4v) is 3.21. The van der Waals surface area contributed by atoms with Gasteiger partial charge in [0.2, 0.25) is 0 Å². The van der Waals surface area contributed by atoms with Crippen LogP contribution in [0.2, 0.25) is 0 Å². The summed E-state index contributed by atoms with van der Waals surface area (Å²) in [6.07, 6.45) is 4.10. The highest BCUT2D eigenvalue weighted by Gasteiger charge is 2.31. The van der Waals surface area contributed by atoms with E-state index in [9.17, 15) is 9.59 Å². The Hall–Kier alpha value is -1.30. The zero-order chi connectivity index (χ0) is 14.5. The van der Waals surface area contributed by atoms with Crippen LogP contribution < -0.4 is 10.6 Å². The normalized spacial score (nSPS) is 30.9. The van der Waals surface area contributed by atoms with E-state index < -0.39 is 5.97 Å². The van der Waals surface area contributed by atoms with Crippen molar-refractivity contribution in [2.75, 3.05) is 19.6 Å². The van der Waals surface area contributed by atoms with Crippen LogP contribution in [0.5, 0.6) is 0 Å². The van der Waals surface area contributed by atoms with Crippen molar-refractivity contribution in [3.63, 3.8) is 0 Å². The number of aliphatic carboxylic acids is 1. The molecule has 0 radical (unpaired) electrons. The first-order valence-electron chi connectivity index (χ1n) is 7.60. The Balaban J connectivity index is 1.71. The Kier molecular flexibility index (Phi) is 5.23. The van der Waals surface area contributed by atoms with Crippen LogP contribution in [0.4, 0.5) is 4.79 Å². The van der Waals surface area contributed by atoms with Crippen molar-refractivity contribution in [3.05, 3.63) is 0 Å². The second-order valence-corrected chi connectivity index (χ2v) is 5.90. The summed E-state index contributed by atoms with van der Waals surface area (Å²) in [6.45, 7) is 5.17. The molecule has 0 aromatic heterocycles. The number of nitrogens with one attached hydrogen (secondary N) is 2. The van der Waals surface area contributed by atoms with Gasteiger partial charge in [0.05, 0.1) is 5.92 Å². The molecule has 3 atom stereocenters. The molecule has 6 heteroatoms. The molecule has 6 nitrogen and oxygen atoms in total. The minimum absolute atomic E-state index is 0.00182. The molecular weight excluding hydrogens is 258 g/mol. The molecule has 1 aliphatic heterocycles. The van der Waals surface area contributed by atoms with Crippen molar-refractivity contribution in [1.82, 2.24) is 15.5 Å². The maximum absolute atomic E-state index is 12.0. The first-order chi connectivity index (χ1) is 9.58. The standard InChI is InChI=1S/C14H25N3O3/c1-2-17-7-3-4-12(9-17)16-14(20)15-11-6-5-10(8-11)13(18)19/h10-12H,2-9H2,1H3,(H,18,19)(H2,15,16,20)/t10-,11+,12?/m1/s1. The van der Waals surface area contributed by atoms with Gasteiger partial charge in [-0.3, -0.25) is 4.79 Å². The van der Waals surface area contributed by atoms with Crippen molar-refractivity contribution < 1.29 is 14.7 Å². The summed E-state index contributed by atoms with van der Waals surface area (Å²) >= 11 is 0. The van der Waals surface area contributed by atoms with Crippen LogP contribution in [0, 0.1) is 5.92 Å². The fourth-order valence-electron chi connectivity index (χ4n) is 3.21. The van der Waals surface area contributed by atoms with E-state index >= 15 is 0 Å². The average molecular weight is 283 g/mol. The lowest BCUT2D eigenvalue weighted by Gasteiger charge is -2.32. The first-order valence-corrected chi connectivity index (χ1v) is 7.60. The van der Waals surface area contributed by atoms with Crippen molar-refractivity contribution in [3.8, 4) is 0 Å². The Morgan fingerprint density at radius 1 is 1.20 bits per heavy atom. The molecule has 1 saturated heterocycles. The van der Waals surface area contributed by atoms with Gasteiger partial charge in [-0.15, -0.1) is 0 Å². The number of carboxylic acids is 1. The number of carbonyl (C=O) groups excluding carboxylic acids is 1. The quantitative estimate of drug-likeness (QED) is 0.719. The molecule has 0 bridgehead atoms. The van der Waals surface area contributed by atoms with E-state index in [0.29, 0.717) is 12.8 Å². The molecule has 1 saturated carbocycles. The van der Waals surface area contributed by atoms with E-state index in [1.54, 1.807) is 0 Å². The Labute approximate surface area is 119 Å². The molecule has 0 spiro atoms. The largest absolute Gasteiger partial charge is 0.481 e. The summed E-state index contributed by atoms with van der Waals surface area (Å²) < 4.78 is 0. The van der Waals surface area contributed by atoms with Crippen LogP contribution >= 0.6 is 0 Å². The van der Waals surface area contributed by atoms with Crippen LogP contribution in [-0.4, -0.2) is 53.7 Å². The summed E-state index contributed by atoms with van der Waals surface area (Å²) in [5.41, 5.74) is 0. The van der Waals surface area contributed by atoms with Crippen LogP contribution in [-0.2, 0) is 4.79 Å². The van der Waals surface area contributed by atoms with Crippen LogP contribution in [0.1, 0.15) is 39.0 Å². The van der Waals surface area contributed by atoms with E-state index in [1.165, 1.54) is 0 Å². The van der Waals surface area contributed by atoms with Gasteiger partial charge in [0.25, 0.3) is 0 Å². The molecule has 20 heavy (non-hydrogen) atoms. The number of piperidine rings is 1. The van der Waals surface area contributed by atoms with E-state index in [0.717, 1.165) is 38.9 Å². The molecule has 2 aliphatic rings. The molecule has 2 amide bonds. The number of carbonyl (C=O) groups is 2. The van der Waals surface area contributed by atoms with Gasteiger partial charge in [0.1, 0.15) is 0 Å². The predicted molar refractivity (Wildman–Crippen MR) is 75.6 cm³/mol. The van der Waals surface area contributed by atoms with E-state index in [4.69, 9.17) is 5.11 Å². The molecule has 1 heterocycles. The van der Waals surface area contributed by atoms with Crippen molar-refractivity contribution in [2.45, 2.75) is 51.1 Å². The van der Waals surface area contributed by atoms with Crippen molar-refractivity contribution >= 4 is 12.0 Å². The molecule has 2 rings (SSSR count). The maximum atomic E-state index is 12.0. The van der Waals surface area contributed by atoms with Gasteiger partial charge in [-0.25, -0.2) is 4.79 Å². The number of likely N-dealkylation sites (N-methyl/N-ethyl adjacent to an activating group) is 1. The third-order valence-electron chi connectivity index (χ3n) is 4.41. The van der Waals surface area contributed by atoms with Gasteiger partial charge in [-0.1, -0.05) is 6.92 Å². The monoisotopic (exact) mass is 283 g/mol. The van der Waals surface area contributed by atoms with Gasteiger partial charge in [0, 0.05) is 18.6 Å². The smallest absolute Gasteiger partial charge is 0.315 e. The SMILES string of the molecule is CCN1CCCC(NC(=O)N[C@H]2CC[C@@H](C(=O)O)C2)C1. The number of nitrogens with zero attached hydrogens (tertiary/aromatic N) is 1. The number of hydrogen-bond acceptors (Lipinski definition) is 3. The first kappa shape index (κ1) is 15.1. The molecule has 0 aromatic rings. The van der Waals surface area contributed by atoms with E-state index in [1.807, 2.05) is 0 Å². The summed E-state index contributed by atoms with van der Waals surface area (Å²) in [5.74, 6) is -1.05. The van der Waals surface area contributed by atoms with Gasteiger partial charge in [-0.2, -0.15) is 0 Å². The van der Waals surface area contributed by atoms with Gasteiger partial charge >= 0.3 is 12.0 Å². The van der Waals surface area contributed by atoms with Crippen LogP contribution in [0.15, 0.2) is 0 Å². The number of urea groups is 1. The lowest BCUT2D eigenvalue weighted by Crippen LogP contribution is -2.51. The Morgan fingerprint density at radius 3 is 2.60 bits per heavy atom. The number of amides is 2. The molecular formula is C14H25N3O3. The maximum Gasteiger partial charge on any atom is 0.315 e. The zero-order valence-corrected chi connectivity index (χ0v) is 12.1.